The van der Waals surface area contributed by atoms with Crippen LogP contribution in [-0.4, -0.2) is 34.5 Å². The van der Waals surface area contributed by atoms with Crippen molar-refractivity contribution in [2.45, 2.75) is 26.3 Å². The molecule has 0 aliphatic carbocycles. The van der Waals surface area contributed by atoms with Crippen LogP contribution in [0.2, 0.25) is 0 Å². The highest BCUT2D eigenvalue weighted by molar-refractivity contribution is 5.64. The SMILES string of the molecule is CNc1nnc(C[C@@H](NC(=O)O)C(C)C)o1. The second-order valence-corrected chi connectivity index (χ2v) is 3.76. The Morgan fingerprint density at radius 2 is 2.19 bits per heavy atom. The summed E-state index contributed by atoms with van der Waals surface area (Å²) in [7, 11) is 1.67. The molecule has 1 aromatic rings. The van der Waals surface area contributed by atoms with E-state index in [9.17, 15) is 4.79 Å². The fraction of sp³-hybridized carbons (Fsp3) is 0.667. The van der Waals surface area contributed by atoms with E-state index < -0.39 is 6.09 Å². The van der Waals surface area contributed by atoms with Crippen molar-refractivity contribution in [2.24, 2.45) is 5.92 Å². The van der Waals surface area contributed by atoms with Gasteiger partial charge >= 0.3 is 12.1 Å². The molecule has 16 heavy (non-hydrogen) atoms. The lowest BCUT2D eigenvalue weighted by atomic mass is 10.0. The van der Waals surface area contributed by atoms with Crippen LogP contribution in [0.1, 0.15) is 19.7 Å². The Bertz CT molecular complexity index is 350. The normalized spacial score (nSPS) is 12.5. The van der Waals surface area contributed by atoms with Gasteiger partial charge in [-0.05, 0) is 5.92 Å². The average Bonchev–Trinajstić information content (AvgIpc) is 2.63. The van der Waals surface area contributed by atoms with Crippen LogP contribution in [-0.2, 0) is 6.42 Å². The maximum Gasteiger partial charge on any atom is 0.404 e. The maximum atomic E-state index is 10.6. The fourth-order valence-corrected chi connectivity index (χ4v) is 1.24. The standard InChI is InChI=1S/C9H16N4O3/c1-5(2)6(11-9(14)15)4-7-12-13-8(10-3)16-7/h5-6,11H,4H2,1-3H3,(H,10,13)(H,14,15)/t6-/m1/s1. The lowest BCUT2D eigenvalue weighted by molar-refractivity contribution is 0.185. The van der Waals surface area contributed by atoms with E-state index in [2.05, 4.69) is 20.8 Å². The van der Waals surface area contributed by atoms with E-state index in [4.69, 9.17) is 9.52 Å². The van der Waals surface area contributed by atoms with Crippen LogP contribution in [0, 0.1) is 5.92 Å². The van der Waals surface area contributed by atoms with Crippen molar-refractivity contribution in [3.63, 3.8) is 0 Å². The monoisotopic (exact) mass is 228 g/mol. The zero-order valence-electron chi connectivity index (χ0n) is 9.52. The third-order valence-electron chi connectivity index (χ3n) is 2.19. The predicted molar refractivity (Wildman–Crippen MR) is 57.3 cm³/mol. The molecule has 0 aliphatic rings. The van der Waals surface area contributed by atoms with Crippen LogP contribution < -0.4 is 10.6 Å². The molecule has 7 nitrogen and oxygen atoms in total. The second kappa shape index (κ2) is 5.34. The van der Waals surface area contributed by atoms with Crippen LogP contribution in [0.4, 0.5) is 10.8 Å². The second-order valence-electron chi connectivity index (χ2n) is 3.76. The Kier molecular flexibility index (Phi) is 4.10. The van der Waals surface area contributed by atoms with Crippen molar-refractivity contribution in [3.05, 3.63) is 5.89 Å². The molecule has 0 unspecified atom stereocenters. The van der Waals surface area contributed by atoms with Gasteiger partial charge in [0, 0.05) is 19.5 Å². The van der Waals surface area contributed by atoms with E-state index >= 15 is 0 Å². The summed E-state index contributed by atoms with van der Waals surface area (Å²) < 4.78 is 5.23. The zero-order valence-corrected chi connectivity index (χ0v) is 9.52. The number of amides is 1. The highest BCUT2D eigenvalue weighted by Crippen LogP contribution is 2.11. The number of rotatable bonds is 5. The third-order valence-corrected chi connectivity index (χ3v) is 2.19. The van der Waals surface area contributed by atoms with Crippen molar-refractivity contribution in [3.8, 4) is 0 Å². The van der Waals surface area contributed by atoms with Gasteiger partial charge in [-0.1, -0.05) is 18.9 Å². The van der Waals surface area contributed by atoms with E-state index in [0.29, 0.717) is 18.3 Å². The predicted octanol–water partition coefficient (Wildman–Crippen LogP) is 0.946. The van der Waals surface area contributed by atoms with E-state index in [1.165, 1.54) is 0 Å². The average molecular weight is 228 g/mol. The molecule has 0 fully saturated rings. The largest absolute Gasteiger partial charge is 0.465 e. The van der Waals surface area contributed by atoms with Gasteiger partial charge in [0.05, 0.1) is 0 Å². The highest BCUT2D eigenvalue weighted by Gasteiger charge is 2.19. The molecule has 0 bridgehead atoms. The van der Waals surface area contributed by atoms with Gasteiger partial charge in [0.25, 0.3) is 0 Å². The Morgan fingerprint density at radius 3 is 2.62 bits per heavy atom. The molecule has 0 saturated carbocycles. The third kappa shape index (κ3) is 3.41. The van der Waals surface area contributed by atoms with E-state index in [-0.39, 0.29) is 12.0 Å². The first-order valence-corrected chi connectivity index (χ1v) is 5.02. The van der Waals surface area contributed by atoms with Crippen molar-refractivity contribution in [2.75, 3.05) is 12.4 Å². The summed E-state index contributed by atoms with van der Waals surface area (Å²) in [6.45, 7) is 3.85. The lowest BCUT2D eigenvalue weighted by Crippen LogP contribution is -2.39. The van der Waals surface area contributed by atoms with Gasteiger partial charge < -0.3 is 20.2 Å². The number of nitrogens with zero attached hydrogens (tertiary/aromatic N) is 2. The van der Waals surface area contributed by atoms with Crippen LogP contribution in [0.5, 0.6) is 0 Å². The molecule has 0 saturated heterocycles. The minimum atomic E-state index is -1.05. The minimum Gasteiger partial charge on any atom is -0.465 e. The highest BCUT2D eigenvalue weighted by atomic mass is 16.4. The number of hydrogen-bond acceptors (Lipinski definition) is 5. The first kappa shape index (κ1) is 12.3. The molecule has 1 heterocycles. The Balaban J connectivity index is 2.63. The molecule has 0 aliphatic heterocycles. The molecule has 1 rings (SSSR count). The quantitative estimate of drug-likeness (QED) is 0.693. The lowest BCUT2D eigenvalue weighted by Gasteiger charge is -2.18. The number of carbonyl (C=O) groups is 1. The molecule has 0 aromatic carbocycles. The molecular weight excluding hydrogens is 212 g/mol. The molecule has 0 spiro atoms. The van der Waals surface area contributed by atoms with Crippen LogP contribution >= 0.6 is 0 Å². The maximum absolute atomic E-state index is 10.6. The topological polar surface area (TPSA) is 100 Å². The summed E-state index contributed by atoms with van der Waals surface area (Å²) in [6.07, 6.45) is -0.661. The Labute approximate surface area is 93.2 Å². The fourth-order valence-electron chi connectivity index (χ4n) is 1.24. The number of aromatic nitrogens is 2. The molecule has 1 amide bonds. The van der Waals surface area contributed by atoms with Gasteiger partial charge in [0.2, 0.25) is 5.89 Å². The smallest absolute Gasteiger partial charge is 0.404 e. The Morgan fingerprint density at radius 1 is 1.50 bits per heavy atom. The number of anilines is 1. The van der Waals surface area contributed by atoms with E-state index in [0.717, 1.165) is 0 Å². The first-order valence-electron chi connectivity index (χ1n) is 5.02. The van der Waals surface area contributed by atoms with Crippen LogP contribution in [0.3, 0.4) is 0 Å². The Hall–Kier alpha value is -1.79. The molecule has 7 heteroatoms. The molecule has 1 aromatic heterocycles. The van der Waals surface area contributed by atoms with Gasteiger partial charge in [-0.15, -0.1) is 5.10 Å². The number of carboxylic acid groups (broad SMARTS) is 1. The van der Waals surface area contributed by atoms with Crippen molar-refractivity contribution in [1.29, 1.82) is 0 Å². The van der Waals surface area contributed by atoms with Crippen molar-refractivity contribution >= 4 is 12.1 Å². The first-order chi connectivity index (χ1) is 7.52. The van der Waals surface area contributed by atoms with Gasteiger partial charge in [-0.2, -0.15) is 0 Å². The molecule has 0 radical (unpaired) electrons. The molecule has 90 valence electrons. The van der Waals surface area contributed by atoms with Crippen LogP contribution in [0.15, 0.2) is 4.42 Å². The molecule has 1 atom stereocenters. The van der Waals surface area contributed by atoms with Gasteiger partial charge in [0.15, 0.2) is 0 Å². The summed E-state index contributed by atoms with van der Waals surface area (Å²) in [5.41, 5.74) is 0. The van der Waals surface area contributed by atoms with Crippen molar-refractivity contribution in [1.82, 2.24) is 15.5 Å². The zero-order chi connectivity index (χ0) is 12.1. The minimum absolute atomic E-state index is 0.154. The number of nitrogens with one attached hydrogen (secondary N) is 2. The molecular formula is C9H16N4O3. The molecule has 3 N–H and O–H groups in total. The van der Waals surface area contributed by atoms with Gasteiger partial charge in [-0.25, -0.2) is 4.79 Å². The summed E-state index contributed by atoms with van der Waals surface area (Å²) in [5.74, 6) is 0.567. The van der Waals surface area contributed by atoms with Crippen molar-refractivity contribution < 1.29 is 14.3 Å². The summed E-state index contributed by atoms with van der Waals surface area (Å²) >= 11 is 0. The van der Waals surface area contributed by atoms with Gasteiger partial charge in [0.1, 0.15) is 0 Å². The number of hydrogen-bond donors (Lipinski definition) is 3. The van der Waals surface area contributed by atoms with E-state index in [1.54, 1.807) is 7.05 Å². The summed E-state index contributed by atoms with van der Waals surface area (Å²) in [4.78, 5) is 10.6. The summed E-state index contributed by atoms with van der Waals surface area (Å²) in [6, 6.07) is 0.0930. The summed E-state index contributed by atoms with van der Waals surface area (Å²) in [5, 5.41) is 21.3. The van der Waals surface area contributed by atoms with Gasteiger partial charge in [-0.3, -0.25) is 0 Å². The van der Waals surface area contributed by atoms with Crippen LogP contribution in [0.25, 0.3) is 0 Å². The van der Waals surface area contributed by atoms with E-state index in [1.807, 2.05) is 13.8 Å².